The Kier molecular flexibility index (Phi) is 8.21. The van der Waals surface area contributed by atoms with E-state index in [0.29, 0.717) is 0 Å². The van der Waals surface area contributed by atoms with E-state index in [1.807, 2.05) is 115 Å². The first-order chi connectivity index (χ1) is 19.5. The maximum absolute atomic E-state index is 13.9. The molecule has 40 heavy (non-hydrogen) atoms. The maximum atomic E-state index is 13.9. The molecule has 5 rings (SSSR count). The van der Waals surface area contributed by atoms with Gasteiger partial charge in [-0.1, -0.05) is 115 Å². The van der Waals surface area contributed by atoms with Crippen LogP contribution in [0, 0.1) is 0 Å². The zero-order valence-corrected chi connectivity index (χ0v) is 22.0. The molecule has 3 N–H and O–H groups in total. The number of hydrogen-bond donors (Lipinski definition) is 2. The Morgan fingerprint density at radius 3 is 1.88 bits per heavy atom. The highest BCUT2D eigenvalue weighted by molar-refractivity contribution is 5.92. The lowest BCUT2D eigenvalue weighted by atomic mass is 9.84. The summed E-state index contributed by atoms with van der Waals surface area (Å²) in [6, 6.07) is 34.1. The standard InChI is InChI=1S/C33H31N3O4/c34-31(37)30(29(24-14-6-2-7-15-24)25-16-8-3-9-17-25)35-32(38)28-20-26-18-10-11-19-27(26)21-36(28)33(39)40-22-23-12-4-1-5-13-23/h1-19,28-30H,20-22H2,(H2,34,37)(H,35,38)/t28-,30+/m0/s1. The van der Waals surface area contributed by atoms with Crippen LogP contribution in [-0.2, 0) is 33.9 Å². The Morgan fingerprint density at radius 1 is 0.775 bits per heavy atom. The van der Waals surface area contributed by atoms with Gasteiger partial charge in [0, 0.05) is 12.3 Å². The molecule has 0 aliphatic carbocycles. The third-order valence-corrected chi connectivity index (χ3v) is 7.25. The number of primary amides is 1. The second kappa shape index (κ2) is 12.3. The van der Waals surface area contributed by atoms with Crippen molar-refractivity contribution in [2.75, 3.05) is 0 Å². The van der Waals surface area contributed by atoms with E-state index in [-0.39, 0.29) is 19.6 Å². The van der Waals surface area contributed by atoms with Gasteiger partial charge in [-0.2, -0.15) is 0 Å². The average Bonchev–Trinajstić information content (AvgIpc) is 3.00. The number of nitrogens with one attached hydrogen (secondary N) is 1. The van der Waals surface area contributed by atoms with Crippen LogP contribution in [-0.4, -0.2) is 34.9 Å². The van der Waals surface area contributed by atoms with Crippen LogP contribution >= 0.6 is 0 Å². The minimum absolute atomic E-state index is 0.0835. The molecule has 0 radical (unpaired) electrons. The van der Waals surface area contributed by atoms with E-state index in [1.165, 1.54) is 4.90 Å². The smallest absolute Gasteiger partial charge is 0.411 e. The molecule has 0 aromatic heterocycles. The van der Waals surface area contributed by atoms with Crippen molar-refractivity contribution in [2.24, 2.45) is 5.73 Å². The number of fused-ring (bicyclic) bond motifs is 1. The molecule has 202 valence electrons. The van der Waals surface area contributed by atoms with Crippen molar-refractivity contribution in [3.63, 3.8) is 0 Å². The first-order valence-electron chi connectivity index (χ1n) is 13.2. The minimum atomic E-state index is -1.04. The van der Waals surface area contributed by atoms with Gasteiger partial charge in [-0.3, -0.25) is 14.5 Å². The highest BCUT2D eigenvalue weighted by Crippen LogP contribution is 2.29. The third kappa shape index (κ3) is 6.04. The summed E-state index contributed by atoms with van der Waals surface area (Å²) in [7, 11) is 0. The highest BCUT2D eigenvalue weighted by atomic mass is 16.6. The molecule has 4 aromatic carbocycles. The normalized spacial score (nSPS) is 15.1. The van der Waals surface area contributed by atoms with Gasteiger partial charge in [0.1, 0.15) is 18.7 Å². The molecule has 2 atom stereocenters. The zero-order chi connectivity index (χ0) is 27.9. The Hall–Kier alpha value is -4.91. The van der Waals surface area contributed by atoms with Crippen molar-refractivity contribution in [3.05, 3.63) is 143 Å². The van der Waals surface area contributed by atoms with Crippen molar-refractivity contribution in [1.29, 1.82) is 0 Å². The summed E-state index contributed by atoms with van der Waals surface area (Å²) in [6.45, 7) is 0.296. The lowest BCUT2D eigenvalue weighted by Gasteiger charge is -2.36. The van der Waals surface area contributed by atoms with E-state index in [9.17, 15) is 14.4 Å². The largest absolute Gasteiger partial charge is 0.445 e. The zero-order valence-electron chi connectivity index (χ0n) is 22.0. The van der Waals surface area contributed by atoms with E-state index in [0.717, 1.165) is 27.8 Å². The van der Waals surface area contributed by atoms with E-state index < -0.39 is 35.9 Å². The Morgan fingerprint density at radius 2 is 1.30 bits per heavy atom. The van der Waals surface area contributed by atoms with Crippen LogP contribution in [0.1, 0.15) is 33.7 Å². The number of ether oxygens (including phenoxy) is 1. The number of carbonyl (C=O) groups excluding carboxylic acids is 3. The fourth-order valence-corrected chi connectivity index (χ4v) is 5.22. The Labute approximate surface area is 233 Å². The second-order valence-corrected chi connectivity index (χ2v) is 9.84. The molecular formula is C33H31N3O4. The summed E-state index contributed by atoms with van der Waals surface area (Å²) in [4.78, 5) is 41.5. The second-order valence-electron chi connectivity index (χ2n) is 9.84. The van der Waals surface area contributed by atoms with Gasteiger partial charge in [0.2, 0.25) is 11.8 Å². The number of hydrogen-bond acceptors (Lipinski definition) is 4. The van der Waals surface area contributed by atoms with E-state index >= 15 is 0 Å². The van der Waals surface area contributed by atoms with Crippen LogP contribution in [0.25, 0.3) is 0 Å². The first-order valence-corrected chi connectivity index (χ1v) is 13.2. The highest BCUT2D eigenvalue weighted by Gasteiger charge is 2.39. The molecule has 0 fully saturated rings. The van der Waals surface area contributed by atoms with Gasteiger partial charge >= 0.3 is 6.09 Å². The molecule has 1 aliphatic rings. The predicted octanol–water partition coefficient (Wildman–Crippen LogP) is 4.55. The van der Waals surface area contributed by atoms with Crippen molar-refractivity contribution in [3.8, 4) is 0 Å². The van der Waals surface area contributed by atoms with Gasteiger partial charge in [0.05, 0.1) is 6.54 Å². The van der Waals surface area contributed by atoms with E-state index in [2.05, 4.69) is 5.32 Å². The van der Waals surface area contributed by atoms with Gasteiger partial charge in [0.25, 0.3) is 0 Å². The van der Waals surface area contributed by atoms with Gasteiger partial charge in [-0.25, -0.2) is 4.79 Å². The van der Waals surface area contributed by atoms with Crippen LogP contribution in [0.4, 0.5) is 4.79 Å². The van der Waals surface area contributed by atoms with Crippen LogP contribution < -0.4 is 11.1 Å². The van der Waals surface area contributed by atoms with Gasteiger partial charge in [-0.15, -0.1) is 0 Å². The van der Waals surface area contributed by atoms with Gasteiger partial charge in [0.15, 0.2) is 0 Å². The average molecular weight is 534 g/mol. The molecule has 3 amide bonds. The minimum Gasteiger partial charge on any atom is -0.445 e. The lowest BCUT2D eigenvalue weighted by Crippen LogP contribution is -2.57. The Bertz CT molecular complexity index is 1420. The summed E-state index contributed by atoms with van der Waals surface area (Å²) in [5, 5.41) is 2.91. The van der Waals surface area contributed by atoms with Crippen molar-refractivity contribution in [1.82, 2.24) is 10.2 Å². The number of carbonyl (C=O) groups is 3. The van der Waals surface area contributed by atoms with Gasteiger partial charge in [-0.05, 0) is 27.8 Å². The van der Waals surface area contributed by atoms with Crippen LogP contribution in [0.3, 0.4) is 0 Å². The number of nitrogens with two attached hydrogens (primary N) is 1. The summed E-state index contributed by atoms with van der Waals surface area (Å²) in [5.74, 6) is -1.65. The van der Waals surface area contributed by atoms with E-state index in [4.69, 9.17) is 10.5 Å². The summed E-state index contributed by atoms with van der Waals surface area (Å²) in [6.07, 6.45) is -0.313. The van der Waals surface area contributed by atoms with E-state index in [1.54, 1.807) is 0 Å². The molecule has 0 unspecified atom stereocenters. The molecule has 7 heteroatoms. The van der Waals surface area contributed by atoms with Gasteiger partial charge < -0.3 is 15.8 Å². The SMILES string of the molecule is NC(=O)[C@H](NC(=O)[C@@H]1Cc2ccccc2CN1C(=O)OCc1ccccc1)C(c1ccccc1)c1ccccc1. The first kappa shape index (κ1) is 26.7. The summed E-state index contributed by atoms with van der Waals surface area (Å²) < 4.78 is 5.62. The summed E-state index contributed by atoms with van der Waals surface area (Å²) >= 11 is 0. The molecule has 1 aliphatic heterocycles. The monoisotopic (exact) mass is 533 g/mol. The van der Waals surface area contributed by atoms with Crippen molar-refractivity contribution < 1.29 is 19.1 Å². The Balaban J connectivity index is 1.43. The molecule has 0 saturated heterocycles. The lowest BCUT2D eigenvalue weighted by molar-refractivity contribution is -0.131. The van der Waals surface area contributed by atoms with Crippen molar-refractivity contribution >= 4 is 17.9 Å². The fourth-order valence-electron chi connectivity index (χ4n) is 5.22. The van der Waals surface area contributed by atoms with Crippen LogP contribution in [0.2, 0.25) is 0 Å². The number of rotatable bonds is 8. The molecular weight excluding hydrogens is 502 g/mol. The summed E-state index contributed by atoms with van der Waals surface area (Å²) in [5.41, 5.74) is 10.3. The molecule has 0 spiro atoms. The molecule has 0 bridgehead atoms. The fraction of sp³-hybridized carbons (Fsp3) is 0.182. The molecule has 4 aromatic rings. The third-order valence-electron chi connectivity index (χ3n) is 7.25. The number of nitrogens with zero attached hydrogens (tertiary/aromatic N) is 1. The topological polar surface area (TPSA) is 102 Å². The molecule has 1 heterocycles. The van der Waals surface area contributed by atoms with Crippen molar-refractivity contribution in [2.45, 2.75) is 37.6 Å². The maximum Gasteiger partial charge on any atom is 0.411 e. The predicted molar refractivity (Wildman–Crippen MR) is 152 cm³/mol. The number of amides is 3. The quantitative estimate of drug-likeness (QED) is 0.347. The van der Waals surface area contributed by atoms with Crippen LogP contribution in [0.15, 0.2) is 115 Å². The molecule has 0 saturated carbocycles. The van der Waals surface area contributed by atoms with Crippen LogP contribution in [0.5, 0.6) is 0 Å². The molecule has 7 nitrogen and oxygen atoms in total. The number of benzene rings is 4.